The molecule has 0 spiro atoms. The number of nitrogens with zero attached hydrogens (tertiary/aromatic N) is 2. The van der Waals surface area contributed by atoms with E-state index in [2.05, 4.69) is 28.7 Å². The van der Waals surface area contributed by atoms with Crippen molar-refractivity contribution in [2.45, 2.75) is 33.0 Å². The molecule has 0 aromatic carbocycles. The first-order valence-electron chi connectivity index (χ1n) is 5.01. The van der Waals surface area contributed by atoms with Crippen LogP contribution in [0.3, 0.4) is 0 Å². The van der Waals surface area contributed by atoms with Gasteiger partial charge >= 0.3 is 0 Å². The number of imidazole rings is 1. The van der Waals surface area contributed by atoms with Crippen LogP contribution in [0.5, 0.6) is 0 Å². The number of methoxy groups -OCH3 is 1. The second-order valence-electron chi connectivity index (χ2n) is 3.32. The Hall–Kier alpha value is -0.870. The molecule has 1 unspecified atom stereocenters. The van der Waals surface area contributed by atoms with Crippen molar-refractivity contribution in [3.8, 4) is 0 Å². The minimum atomic E-state index is 0.226. The van der Waals surface area contributed by atoms with E-state index in [9.17, 15) is 0 Å². The number of hydrogen-bond acceptors (Lipinski definition) is 3. The summed E-state index contributed by atoms with van der Waals surface area (Å²) in [6.45, 7) is 6.78. The maximum atomic E-state index is 5.21. The largest absolute Gasteiger partial charge is 0.380 e. The Kier molecular flexibility index (Phi) is 4.62. The number of aromatic nitrogens is 2. The zero-order valence-electron chi connectivity index (χ0n) is 9.16. The van der Waals surface area contributed by atoms with Gasteiger partial charge in [-0.1, -0.05) is 6.92 Å². The second-order valence-corrected chi connectivity index (χ2v) is 3.32. The molecule has 1 aromatic rings. The fourth-order valence-electron chi connectivity index (χ4n) is 1.26. The van der Waals surface area contributed by atoms with Gasteiger partial charge < -0.3 is 14.6 Å². The van der Waals surface area contributed by atoms with Crippen LogP contribution in [0.2, 0.25) is 0 Å². The average molecular weight is 197 g/mol. The Morgan fingerprint density at radius 3 is 3.07 bits per heavy atom. The molecule has 0 fully saturated rings. The van der Waals surface area contributed by atoms with Crippen LogP contribution in [-0.2, 0) is 17.8 Å². The zero-order valence-corrected chi connectivity index (χ0v) is 9.16. The first kappa shape index (κ1) is 11.2. The first-order valence-corrected chi connectivity index (χ1v) is 5.01. The maximum absolute atomic E-state index is 5.21. The summed E-state index contributed by atoms with van der Waals surface area (Å²) in [5, 5.41) is 3.26. The molecular weight excluding hydrogens is 178 g/mol. The normalized spacial score (nSPS) is 13.1. The van der Waals surface area contributed by atoms with Gasteiger partial charge in [0, 0.05) is 26.0 Å². The lowest BCUT2D eigenvalue weighted by atomic mass is 10.4. The van der Waals surface area contributed by atoms with Crippen LogP contribution in [0.4, 0.5) is 0 Å². The SMILES string of the molecule is CCNCc1nccn1CC(C)OC. The van der Waals surface area contributed by atoms with E-state index in [1.54, 1.807) is 7.11 Å². The Bertz CT molecular complexity index is 260. The van der Waals surface area contributed by atoms with Crippen molar-refractivity contribution in [1.29, 1.82) is 0 Å². The molecule has 0 aliphatic carbocycles. The number of nitrogens with one attached hydrogen (secondary N) is 1. The molecular formula is C10H19N3O. The van der Waals surface area contributed by atoms with E-state index in [4.69, 9.17) is 4.74 Å². The van der Waals surface area contributed by atoms with Gasteiger partial charge in [0.15, 0.2) is 0 Å². The minimum Gasteiger partial charge on any atom is -0.380 e. The Labute approximate surface area is 85.3 Å². The molecule has 0 bridgehead atoms. The summed E-state index contributed by atoms with van der Waals surface area (Å²) in [7, 11) is 1.73. The van der Waals surface area contributed by atoms with Crippen molar-refractivity contribution in [2.75, 3.05) is 13.7 Å². The summed E-state index contributed by atoms with van der Waals surface area (Å²) in [5.41, 5.74) is 0. The Balaban J connectivity index is 2.53. The standard InChI is InChI=1S/C10H19N3O/c1-4-11-7-10-12-5-6-13(10)8-9(2)14-3/h5-6,9,11H,4,7-8H2,1-3H3. The molecule has 0 radical (unpaired) electrons. The molecule has 14 heavy (non-hydrogen) atoms. The molecule has 1 rings (SSSR count). The molecule has 1 aromatic heterocycles. The molecule has 0 aliphatic heterocycles. The lowest BCUT2D eigenvalue weighted by molar-refractivity contribution is 0.102. The molecule has 0 saturated carbocycles. The van der Waals surface area contributed by atoms with Gasteiger partial charge in [-0.05, 0) is 13.5 Å². The predicted octanol–water partition coefficient (Wildman–Crippen LogP) is 1.03. The van der Waals surface area contributed by atoms with Crippen LogP contribution in [0.15, 0.2) is 12.4 Å². The van der Waals surface area contributed by atoms with Gasteiger partial charge in [-0.2, -0.15) is 0 Å². The van der Waals surface area contributed by atoms with E-state index in [1.807, 2.05) is 12.4 Å². The summed E-state index contributed by atoms with van der Waals surface area (Å²) < 4.78 is 7.34. The van der Waals surface area contributed by atoms with Crippen molar-refractivity contribution in [3.05, 3.63) is 18.2 Å². The molecule has 1 heterocycles. The van der Waals surface area contributed by atoms with E-state index in [1.165, 1.54) is 0 Å². The summed E-state index contributed by atoms with van der Waals surface area (Å²) >= 11 is 0. The third-order valence-electron chi connectivity index (χ3n) is 2.19. The molecule has 0 saturated heterocycles. The highest BCUT2D eigenvalue weighted by Gasteiger charge is 2.05. The highest BCUT2D eigenvalue weighted by atomic mass is 16.5. The second kappa shape index (κ2) is 5.78. The van der Waals surface area contributed by atoms with Crippen LogP contribution in [-0.4, -0.2) is 29.3 Å². The van der Waals surface area contributed by atoms with Gasteiger partial charge in [0.1, 0.15) is 5.82 Å². The van der Waals surface area contributed by atoms with Crippen LogP contribution >= 0.6 is 0 Å². The summed E-state index contributed by atoms with van der Waals surface area (Å²) in [6, 6.07) is 0. The lowest BCUT2D eigenvalue weighted by Gasteiger charge is -2.12. The van der Waals surface area contributed by atoms with Crippen LogP contribution < -0.4 is 5.32 Å². The van der Waals surface area contributed by atoms with Gasteiger partial charge in [0.05, 0.1) is 12.6 Å². The van der Waals surface area contributed by atoms with Gasteiger partial charge in [0.2, 0.25) is 0 Å². The predicted molar refractivity (Wildman–Crippen MR) is 56.1 cm³/mol. The van der Waals surface area contributed by atoms with E-state index < -0.39 is 0 Å². The Morgan fingerprint density at radius 1 is 1.64 bits per heavy atom. The number of ether oxygens (including phenoxy) is 1. The highest BCUT2D eigenvalue weighted by molar-refractivity contribution is 4.92. The molecule has 1 atom stereocenters. The van der Waals surface area contributed by atoms with Gasteiger partial charge in [-0.25, -0.2) is 4.98 Å². The van der Waals surface area contributed by atoms with Crippen molar-refractivity contribution < 1.29 is 4.74 Å². The van der Waals surface area contributed by atoms with E-state index in [0.29, 0.717) is 0 Å². The van der Waals surface area contributed by atoms with Crippen molar-refractivity contribution in [3.63, 3.8) is 0 Å². The van der Waals surface area contributed by atoms with Gasteiger partial charge in [-0.3, -0.25) is 0 Å². The molecule has 4 nitrogen and oxygen atoms in total. The monoisotopic (exact) mass is 197 g/mol. The zero-order chi connectivity index (χ0) is 10.4. The minimum absolute atomic E-state index is 0.226. The smallest absolute Gasteiger partial charge is 0.122 e. The number of rotatable bonds is 6. The van der Waals surface area contributed by atoms with Crippen LogP contribution in [0.25, 0.3) is 0 Å². The van der Waals surface area contributed by atoms with Crippen LogP contribution in [0.1, 0.15) is 19.7 Å². The topological polar surface area (TPSA) is 39.1 Å². The van der Waals surface area contributed by atoms with Crippen molar-refractivity contribution in [1.82, 2.24) is 14.9 Å². The van der Waals surface area contributed by atoms with Crippen molar-refractivity contribution >= 4 is 0 Å². The molecule has 80 valence electrons. The number of hydrogen-bond donors (Lipinski definition) is 1. The van der Waals surface area contributed by atoms with Crippen molar-refractivity contribution in [2.24, 2.45) is 0 Å². The summed E-state index contributed by atoms with van der Waals surface area (Å²) in [4.78, 5) is 4.29. The molecule has 0 aliphatic rings. The average Bonchev–Trinajstić information content (AvgIpc) is 2.62. The molecule has 4 heteroatoms. The quantitative estimate of drug-likeness (QED) is 0.740. The summed E-state index contributed by atoms with van der Waals surface area (Å²) in [5.74, 6) is 1.07. The Morgan fingerprint density at radius 2 is 2.43 bits per heavy atom. The van der Waals surface area contributed by atoms with E-state index in [-0.39, 0.29) is 6.10 Å². The molecule has 1 N–H and O–H groups in total. The molecule has 0 amide bonds. The highest BCUT2D eigenvalue weighted by Crippen LogP contribution is 2.01. The first-order chi connectivity index (χ1) is 6.77. The van der Waals surface area contributed by atoms with Crippen LogP contribution in [0, 0.1) is 0 Å². The third-order valence-corrected chi connectivity index (χ3v) is 2.19. The van der Waals surface area contributed by atoms with Gasteiger partial charge in [0.25, 0.3) is 0 Å². The lowest BCUT2D eigenvalue weighted by Crippen LogP contribution is -2.20. The fraction of sp³-hybridized carbons (Fsp3) is 0.700. The van der Waals surface area contributed by atoms with E-state index >= 15 is 0 Å². The maximum Gasteiger partial charge on any atom is 0.122 e. The van der Waals surface area contributed by atoms with E-state index in [0.717, 1.165) is 25.5 Å². The third kappa shape index (κ3) is 3.12. The van der Waals surface area contributed by atoms with Gasteiger partial charge in [-0.15, -0.1) is 0 Å². The summed E-state index contributed by atoms with van der Waals surface area (Å²) in [6.07, 6.45) is 4.04. The fourth-order valence-corrected chi connectivity index (χ4v) is 1.26.